The number of benzene rings is 1. The third kappa shape index (κ3) is 2.18. The van der Waals surface area contributed by atoms with E-state index in [0.717, 1.165) is 0 Å². The normalized spacial score (nSPS) is 9.93. The van der Waals surface area contributed by atoms with Crippen LogP contribution in [0.4, 0.5) is 0 Å². The SMILES string of the molecule is Cc1ccc2cc(I)ccc2[n+]1C.[I-]. The van der Waals surface area contributed by atoms with Crippen molar-refractivity contribution in [2.75, 3.05) is 0 Å². The van der Waals surface area contributed by atoms with Crippen molar-refractivity contribution in [1.82, 2.24) is 0 Å². The van der Waals surface area contributed by atoms with Gasteiger partial charge in [-0.2, -0.15) is 4.57 Å². The van der Waals surface area contributed by atoms with Crippen LogP contribution in [-0.2, 0) is 7.05 Å². The minimum absolute atomic E-state index is 0. The largest absolute Gasteiger partial charge is 1.00 e. The third-order valence-electron chi connectivity index (χ3n) is 2.38. The maximum atomic E-state index is 2.34. The summed E-state index contributed by atoms with van der Waals surface area (Å²) in [6, 6.07) is 10.8. The molecule has 0 aliphatic rings. The zero-order valence-electron chi connectivity index (χ0n) is 8.09. The minimum atomic E-state index is 0. The molecule has 0 bridgehead atoms. The van der Waals surface area contributed by atoms with E-state index in [1.807, 2.05) is 0 Å². The molecule has 2 rings (SSSR count). The number of aryl methyl sites for hydroxylation is 2. The van der Waals surface area contributed by atoms with Crippen LogP contribution in [0.2, 0.25) is 0 Å². The number of pyridine rings is 1. The Balaban J connectivity index is 0.000000980. The first-order chi connectivity index (χ1) is 6.18. The Morgan fingerprint density at radius 3 is 2.57 bits per heavy atom. The van der Waals surface area contributed by atoms with Crippen molar-refractivity contribution in [2.45, 2.75) is 6.92 Å². The standard InChI is InChI=1S/C11H11IN.HI/c1-8-3-4-9-7-10(12)5-6-11(9)13(8)2;/h3-7H,1-2H3;1H/q+1;/p-1. The van der Waals surface area contributed by atoms with Crippen molar-refractivity contribution in [2.24, 2.45) is 7.05 Å². The molecular weight excluding hydrogens is 400 g/mol. The van der Waals surface area contributed by atoms with Gasteiger partial charge in [-0.1, -0.05) is 0 Å². The second-order valence-electron chi connectivity index (χ2n) is 3.24. The van der Waals surface area contributed by atoms with E-state index in [1.165, 1.54) is 20.2 Å². The topological polar surface area (TPSA) is 3.88 Å². The molecular formula is C11H11I2N. The van der Waals surface area contributed by atoms with E-state index in [0.29, 0.717) is 0 Å². The highest BCUT2D eigenvalue weighted by molar-refractivity contribution is 14.1. The van der Waals surface area contributed by atoms with Crippen molar-refractivity contribution in [1.29, 1.82) is 0 Å². The molecule has 14 heavy (non-hydrogen) atoms. The maximum absolute atomic E-state index is 2.34. The zero-order valence-corrected chi connectivity index (χ0v) is 12.4. The number of hydrogen-bond donors (Lipinski definition) is 0. The molecule has 0 saturated heterocycles. The van der Waals surface area contributed by atoms with E-state index >= 15 is 0 Å². The Bertz CT molecular complexity index is 466. The van der Waals surface area contributed by atoms with E-state index in [2.05, 4.69) is 71.5 Å². The Morgan fingerprint density at radius 2 is 1.86 bits per heavy atom. The number of aromatic nitrogens is 1. The highest BCUT2D eigenvalue weighted by atomic mass is 127. The Kier molecular flexibility index (Phi) is 4.12. The van der Waals surface area contributed by atoms with Crippen molar-refractivity contribution >= 4 is 33.5 Å². The summed E-state index contributed by atoms with van der Waals surface area (Å²) in [5.41, 5.74) is 2.58. The molecule has 0 aliphatic heterocycles. The molecule has 74 valence electrons. The fourth-order valence-corrected chi connectivity index (χ4v) is 1.99. The summed E-state index contributed by atoms with van der Waals surface area (Å²) < 4.78 is 3.50. The number of nitrogens with zero attached hydrogens (tertiary/aromatic N) is 1. The Labute approximate surface area is 115 Å². The molecule has 2 aromatic rings. The van der Waals surface area contributed by atoms with Crippen LogP contribution in [0.15, 0.2) is 30.3 Å². The second kappa shape index (κ2) is 4.74. The van der Waals surface area contributed by atoms with Crippen LogP contribution >= 0.6 is 22.6 Å². The van der Waals surface area contributed by atoms with Crippen LogP contribution in [-0.4, -0.2) is 0 Å². The molecule has 1 nitrogen and oxygen atoms in total. The first-order valence-electron chi connectivity index (χ1n) is 4.23. The number of fused-ring (bicyclic) bond motifs is 1. The van der Waals surface area contributed by atoms with Crippen molar-refractivity contribution in [3.63, 3.8) is 0 Å². The molecule has 0 unspecified atom stereocenters. The Hall–Kier alpha value is 0.0900. The maximum Gasteiger partial charge on any atom is 0.212 e. The summed E-state index contributed by atoms with van der Waals surface area (Å²) >= 11 is 2.34. The van der Waals surface area contributed by atoms with Gasteiger partial charge in [0.2, 0.25) is 5.52 Å². The van der Waals surface area contributed by atoms with Gasteiger partial charge in [-0.05, 0) is 40.8 Å². The van der Waals surface area contributed by atoms with Crippen molar-refractivity contribution in [3.8, 4) is 0 Å². The molecule has 0 spiro atoms. The van der Waals surface area contributed by atoms with Gasteiger partial charge < -0.3 is 24.0 Å². The summed E-state index contributed by atoms with van der Waals surface area (Å²) in [4.78, 5) is 0. The van der Waals surface area contributed by atoms with Gasteiger partial charge in [0.1, 0.15) is 7.05 Å². The molecule has 0 amide bonds. The fourth-order valence-electron chi connectivity index (χ4n) is 1.48. The molecule has 1 heterocycles. The second-order valence-corrected chi connectivity index (χ2v) is 4.48. The smallest absolute Gasteiger partial charge is 0.212 e. The van der Waals surface area contributed by atoms with Crippen molar-refractivity contribution in [3.05, 3.63) is 39.6 Å². The summed E-state index contributed by atoms with van der Waals surface area (Å²) in [6.07, 6.45) is 0. The van der Waals surface area contributed by atoms with E-state index in [1.54, 1.807) is 0 Å². The summed E-state index contributed by atoms with van der Waals surface area (Å²) in [5, 5.41) is 1.31. The first-order valence-corrected chi connectivity index (χ1v) is 5.31. The van der Waals surface area contributed by atoms with Gasteiger partial charge in [0, 0.05) is 28.0 Å². The lowest BCUT2D eigenvalue weighted by atomic mass is 10.2. The van der Waals surface area contributed by atoms with Gasteiger partial charge in [-0.3, -0.25) is 0 Å². The highest BCUT2D eigenvalue weighted by Crippen LogP contribution is 2.14. The lowest BCUT2D eigenvalue weighted by molar-refractivity contribution is -0.651. The summed E-state index contributed by atoms with van der Waals surface area (Å²) in [5.74, 6) is 0. The zero-order chi connectivity index (χ0) is 9.42. The van der Waals surface area contributed by atoms with Gasteiger partial charge in [0.05, 0.1) is 0 Å². The molecule has 1 aromatic heterocycles. The van der Waals surface area contributed by atoms with Gasteiger partial charge in [-0.15, -0.1) is 0 Å². The monoisotopic (exact) mass is 411 g/mol. The van der Waals surface area contributed by atoms with Gasteiger partial charge in [0.25, 0.3) is 0 Å². The fraction of sp³-hybridized carbons (Fsp3) is 0.182. The van der Waals surface area contributed by atoms with Gasteiger partial charge >= 0.3 is 0 Å². The molecule has 1 aromatic carbocycles. The lowest BCUT2D eigenvalue weighted by Gasteiger charge is -1.99. The molecule has 0 atom stereocenters. The van der Waals surface area contributed by atoms with Crippen LogP contribution in [0, 0.1) is 10.5 Å². The van der Waals surface area contributed by atoms with Crippen molar-refractivity contribution < 1.29 is 28.5 Å². The lowest BCUT2D eigenvalue weighted by Crippen LogP contribution is -3.00. The number of halogens is 2. The number of rotatable bonds is 0. The first kappa shape index (κ1) is 12.2. The van der Waals surface area contributed by atoms with Gasteiger partial charge in [-0.25, -0.2) is 0 Å². The van der Waals surface area contributed by atoms with E-state index in [9.17, 15) is 0 Å². The third-order valence-corrected chi connectivity index (χ3v) is 3.06. The summed E-state index contributed by atoms with van der Waals surface area (Å²) in [7, 11) is 2.10. The average molecular weight is 411 g/mol. The van der Waals surface area contributed by atoms with Crippen LogP contribution in [0.25, 0.3) is 10.9 Å². The molecule has 0 radical (unpaired) electrons. The van der Waals surface area contributed by atoms with E-state index in [-0.39, 0.29) is 24.0 Å². The van der Waals surface area contributed by atoms with Crippen LogP contribution in [0.1, 0.15) is 5.69 Å². The number of hydrogen-bond acceptors (Lipinski definition) is 0. The minimum Gasteiger partial charge on any atom is -1.00 e. The highest BCUT2D eigenvalue weighted by Gasteiger charge is 2.06. The average Bonchev–Trinajstić information content (AvgIpc) is 2.12. The molecule has 0 N–H and O–H groups in total. The molecule has 3 heteroatoms. The Morgan fingerprint density at radius 1 is 1.14 bits per heavy atom. The van der Waals surface area contributed by atoms with E-state index in [4.69, 9.17) is 0 Å². The van der Waals surface area contributed by atoms with Crippen LogP contribution in [0.3, 0.4) is 0 Å². The quantitative estimate of drug-likeness (QED) is 0.410. The van der Waals surface area contributed by atoms with Gasteiger partial charge in [0.15, 0.2) is 5.69 Å². The molecule has 0 saturated carbocycles. The van der Waals surface area contributed by atoms with Crippen LogP contribution < -0.4 is 28.5 Å². The van der Waals surface area contributed by atoms with E-state index < -0.39 is 0 Å². The van der Waals surface area contributed by atoms with Crippen LogP contribution in [0.5, 0.6) is 0 Å². The predicted molar refractivity (Wildman–Crippen MR) is 62.6 cm³/mol. The molecule has 0 fully saturated rings. The molecule has 0 aliphatic carbocycles. The predicted octanol–water partition coefficient (Wildman–Crippen LogP) is -0.419. The summed E-state index contributed by atoms with van der Waals surface area (Å²) in [6.45, 7) is 2.12.